The van der Waals surface area contributed by atoms with Gasteiger partial charge in [0.05, 0.1) is 6.04 Å². The Kier molecular flexibility index (Phi) is 31.1. The number of ether oxygens (including phenoxy) is 1. The Morgan fingerprint density at radius 3 is 1.86 bits per heavy atom. The van der Waals surface area contributed by atoms with Gasteiger partial charge in [0.2, 0.25) is 24.0 Å². The van der Waals surface area contributed by atoms with Crippen LogP contribution in [0.3, 0.4) is 0 Å². The SMILES string of the molecule is CCCC1=CC(=O)N([C@@H](CC)C(N)=O)C1.CCCC1=CC(=O)OC1O.CC[C@H](N)C(N)=O.II.I[I-]I. The Labute approximate surface area is 273 Å². The predicted octanol–water partition coefficient (Wildman–Crippen LogP) is 1.16. The average Bonchev–Trinajstić information content (AvgIpc) is 3.36. The van der Waals surface area contributed by atoms with E-state index in [4.69, 9.17) is 22.3 Å². The molecule has 0 aromatic carbocycles. The summed E-state index contributed by atoms with van der Waals surface area (Å²) in [6.45, 7) is 8.29. The summed E-state index contributed by atoms with van der Waals surface area (Å²) in [6.07, 6.45) is 6.78. The number of aliphatic hydroxyl groups is 1. The van der Waals surface area contributed by atoms with E-state index in [1.165, 1.54) is 6.08 Å². The van der Waals surface area contributed by atoms with Crippen LogP contribution in [0.15, 0.2) is 23.3 Å². The maximum absolute atomic E-state index is 11.6. The van der Waals surface area contributed by atoms with E-state index in [1.54, 1.807) is 11.0 Å². The molecule has 0 spiro atoms. The molecule has 15 heteroatoms. The van der Waals surface area contributed by atoms with Crippen LogP contribution in [0.4, 0.5) is 0 Å². The monoisotopic (exact) mass is 1090 g/mol. The number of carbonyl (C=O) groups is 4. The fraction of sp³-hybridized carbons (Fsp3) is 0.636. The van der Waals surface area contributed by atoms with Crippen molar-refractivity contribution in [3.63, 3.8) is 0 Å². The summed E-state index contributed by atoms with van der Waals surface area (Å²) < 4.78 is 4.45. The molecule has 2 heterocycles. The second kappa shape index (κ2) is 27.1. The summed E-state index contributed by atoms with van der Waals surface area (Å²) in [5, 5.41) is 8.98. The summed E-state index contributed by atoms with van der Waals surface area (Å²) in [7, 11) is 0. The van der Waals surface area contributed by atoms with Crippen molar-refractivity contribution in [2.24, 2.45) is 17.2 Å². The molecule has 2 aliphatic rings. The Balaban J connectivity index is -0.000000455. The maximum atomic E-state index is 11.6. The fourth-order valence-corrected chi connectivity index (χ4v) is 3.04. The normalized spacial score (nSPS) is 17.1. The molecule has 3 atom stereocenters. The van der Waals surface area contributed by atoms with Crippen molar-refractivity contribution >= 4 is 98.2 Å². The first-order valence-corrected chi connectivity index (χ1v) is 30.2. The van der Waals surface area contributed by atoms with Crippen molar-refractivity contribution in [1.29, 1.82) is 0 Å². The number of primary amides is 2. The van der Waals surface area contributed by atoms with Crippen LogP contribution in [0.5, 0.6) is 0 Å². The van der Waals surface area contributed by atoms with Gasteiger partial charge in [-0.05, 0) is 31.3 Å². The third-order valence-electron chi connectivity index (χ3n) is 4.84. The first-order chi connectivity index (χ1) is 17.4. The van der Waals surface area contributed by atoms with Gasteiger partial charge < -0.3 is 31.9 Å². The summed E-state index contributed by atoms with van der Waals surface area (Å²) in [5.74, 6) is -1.36. The van der Waals surface area contributed by atoms with Gasteiger partial charge in [-0.1, -0.05) is 40.5 Å². The molecule has 0 radical (unpaired) electrons. The molecule has 2 rings (SSSR count). The Morgan fingerprint density at radius 1 is 1.05 bits per heavy atom. The predicted molar refractivity (Wildman–Crippen MR) is 177 cm³/mol. The van der Waals surface area contributed by atoms with Crippen LogP contribution in [0.1, 0.15) is 66.2 Å². The minimum absolute atomic E-state index is 0.0795. The molecular formula is C22H38I5N4O6-. The molecule has 0 bridgehead atoms. The third-order valence-corrected chi connectivity index (χ3v) is 4.84. The van der Waals surface area contributed by atoms with Crippen LogP contribution >= 0.6 is 74.5 Å². The quantitative estimate of drug-likeness (QED) is 0.198. The van der Waals surface area contributed by atoms with E-state index in [9.17, 15) is 19.2 Å². The molecular weight excluding hydrogens is 1050 g/mol. The fourth-order valence-electron chi connectivity index (χ4n) is 3.04. The van der Waals surface area contributed by atoms with E-state index in [0.29, 0.717) is 38.2 Å². The van der Waals surface area contributed by atoms with Crippen molar-refractivity contribution in [1.82, 2.24) is 4.90 Å². The standard InChI is InChI=1S/C11H18N2O2.C7H10O3.C4H10N2O.I3.I2/c1-3-5-8-6-10(14)13(7-8)9(4-2)11(12)15;1-2-3-5-4-6(8)10-7(5)9;1-2-3(5)4(6)7;1-3-2;1-2/h6,9H,3-5,7H2,1-2H3,(H2,12,15);4,7,9H,2-3H2,1H3;3H,2,5H2,1H3,(H2,6,7);;/q;;;-1;/t9-;;3-;;/m0.0../s1. The van der Waals surface area contributed by atoms with Crippen molar-refractivity contribution in [3.05, 3.63) is 23.3 Å². The summed E-state index contributed by atoms with van der Waals surface area (Å²) in [5.41, 5.74) is 17.0. The molecule has 7 N–H and O–H groups in total. The number of nitrogens with zero attached hydrogens (tertiary/aromatic N) is 1. The molecule has 0 saturated carbocycles. The van der Waals surface area contributed by atoms with Crippen LogP contribution in [-0.4, -0.2) is 58.6 Å². The number of nitrogens with two attached hydrogens (primary N) is 3. The van der Waals surface area contributed by atoms with Gasteiger partial charge in [0.1, 0.15) is 6.04 Å². The van der Waals surface area contributed by atoms with Gasteiger partial charge in [-0.3, -0.25) is 14.4 Å². The second-order valence-electron chi connectivity index (χ2n) is 7.57. The molecule has 0 saturated heterocycles. The van der Waals surface area contributed by atoms with Crippen LogP contribution in [-0.2, 0) is 23.9 Å². The molecule has 1 unspecified atom stereocenters. The van der Waals surface area contributed by atoms with Crippen molar-refractivity contribution in [2.75, 3.05) is 6.54 Å². The molecule has 0 aromatic rings. The van der Waals surface area contributed by atoms with Crippen LogP contribution in [0, 0.1) is 0 Å². The zero-order chi connectivity index (χ0) is 29.6. The molecule has 3 amide bonds. The number of aliphatic hydroxyl groups excluding tert-OH is 1. The van der Waals surface area contributed by atoms with Crippen LogP contribution in [0.25, 0.3) is 0 Å². The zero-order valence-electron chi connectivity index (χ0n) is 21.4. The van der Waals surface area contributed by atoms with Crippen LogP contribution < -0.4 is 30.5 Å². The van der Waals surface area contributed by atoms with Gasteiger partial charge in [0, 0.05) is 61.5 Å². The summed E-state index contributed by atoms with van der Waals surface area (Å²) >= 11 is 9.54. The van der Waals surface area contributed by atoms with Crippen molar-refractivity contribution in [2.45, 2.75) is 84.6 Å². The van der Waals surface area contributed by atoms with E-state index < -0.39 is 36.2 Å². The third kappa shape index (κ3) is 20.5. The Bertz CT molecular complexity index is 755. The van der Waals surface area contributed by atoms with Gasteiger partial charge in [0.15, 0.2) is 0 Å². The summed E-state index contributed by atoms with van der Waals surface area (Å²) in [4.78, 5) is 44.8. The number of hydrogen-bond acceptors (Lipinski definition) is 7. The van der Waals surface area contributed by atoms with E-state index >= 15 is 0 Å². The first kappa shape index (κ1) is 42.4. The Hall–Kier alpha value is 0.930. The van der Waals surface area contributed by atoms with Gasteiger partial charge >= 0.3 is 56.5 Å². The zero-order valence-corrected chi connectivity index (χ0v) is 32.2. The first-order valence-electron chi connectivity index (χ1n) is 11.4. The molecule has 10 nitrogen and oxygen atoms in total. The van der Waals surface area contributed by atoms with Crippen molar-refractivity contribution in [3.8, 4) is 0 Å². The van der Waals surface area contributed by atoms with Gasteiger partial charge in [-0.25, -0.2) is 4.79 Å². The molecule has 218 valence electrons. The van der Waals surface area contributed by atoms with Gasteiger partial charge in [0.25, 0.3) is 0 Å². The van der Waals surface area contributed by atoms with E-state index in [2.05, 4.69) is 86.1 Å². The molecule has 2 aliphatic heterocycles. The summed E-state index contributed by atoms with van der Waals surface area (Å²) in [6, 6.07) is -0.914. The number of halogens is 5. The topological polar surface area (TPSA) is 179 Å². The van der Waals surface area contributed by atoms with Crippen molar-refractivity contribution < 1.29 is 42.3 Å². The molecule has 37 heavy (non-hydrogen) atoms. The van der Waals surface area contributed by atoms with Gasteiger partial charge in [-0.2, -0.15) is 0 Å². The number of hydrogen-bond donors (Lipinski definition) is 4. The van der Waals surface area contributed by atoms with E-state index in [-0.39, 0.29) is 5.91 Å². The van der Waals surface area contributed by atoms with Gasteiger partial charge in [-0.15, -0.1) is 0 Å². The minimum atomic E-state index is -0.979. The average molecular weight is 1090 g/mol. The van der Waals surface area contributed by atoms with E-state index in [0.717, 1.165) is 31.3 Å². The molecule has 0 aliphatic carbocycles. The number of esters is 1. The molecule has 0 fully saturated rings. The van der Waals surface area contributed by atoms with E-state index in [1.807, 2.05) is 20.8 Å². The Morgan fingerprint density at radius 2 is 1.57 bits per heavy atom. The number of rotatable bonds is 9. The molecule has 0 aromatic heterocycles. The number of amides is 3. The number of cyclic esters (lactones) is 1. The number of carbonyl (C=O) groups excluding carboxylic acids is 4. The second-order valence-corrected chi connectivity index (χ2v) is 23.8. The van der Waals surface area contributed by atoms with Crippen LogP contribution in [0.2, 0.25) is 0 Å².